The lowest BCUT2D eigenvalue weighted by Crippen LogP contribution is -2.24. The number of rotatable bonds is 9. The van der Waals surface area contributed by atoms with Crippen LogP contribution >= 0.6 is 11.8 Å². The van der Waals surface area contributed by atoms with Gasteiger partial charge in [0.25, 0.3) is 5.91 Å². The second-order valence-electron chi connectivity index (χ2n) is 6.65. The van der Waals surface area contributed by atoms with Gasteiger partial charge in [-0.1, -0.05) is 29.8 Å². The Labute approximate surface area is 166 Å². The third kappa shape index (κ3) is 6.79. The van der Waals surface area contributed by atoms with E-state index in [0.29, 0.717) is 18.7 Å². The number of thioether (sulfide) groups is 1. The zero-order chi connectivity index (χ0) is 18.7. The van der Waals surface area contributed by atoms with Crippen LogP contribution in [0.2, 0.25) is 0 Å². The summed E-state index contributed by atoms with van der Waals surface area (Å²) in [4.78, 5) is 13.5. The predicted octanol–water partition coefficient (Wildman–Crippen LogP) is 5.48. The fraction of sp³-hybridized carbons (Fsp3) is 0.348. The molecule has 0 fully saturated rings. The maximum atomic E-state index is 12.2. The van der Waals surface area contributed by atoms with Gasteiger partial charge >= 0.3 is 0 Å². The van der Waals surface area contributed by atoms with Crippen molar-refractivity contribution in [1.82, 2.24) is 5.32 Å². The lowest BCUT2D eigenvalue weighted by molar-refractivity contribution is 0.0954. The highest BCUT2D eigenvalue weighted by atomic mass is 32.2. The van der Waals surface area contributed by atoms with Gasteiger partial charge in [-0.25, -0.2) is 0 Å². The van der Waals surface area contributed by atoms with E-state index in [0.717, 1.165) is 17.9 Å². The monoisotopic (exact) mass is 381 g/mol. The molecule has 0 saturated carbocycles. The number of allylic oxidation sites excluding steroid dienone is 1. The van der Waals surface area contributed by atoms with Gasteiger partial charge in [-0.15, -0.1) is 11.8 Å². The largest absolute Gasteiger partial charge is 0.493 e. The van der Waals surface area contributed by atoms with Gasteiger partial charge in [0.1, 0.15) is 5.75 Å². The van der Waals surface area contributed by atoms with Gasteiger partial charge in [0.2, 0.25) is 0 Å². The van der Waals surface area contributed by atoms with E-state index in [1.807, 2.05) is 42.5 Å². The summed E-state index contributed by atoms with van der Waals surface area (Å²) >= 11 is 1.77. The molecule has 0 atom stereocenters. The van der Waals surface area contributed by atoms with Crippen LogP contribution in [0.4, 0.5) is 0 Å². The molecule has 2 aromatic carbocycles. The van der Waals surface area contributed by atoms with Crippen LogP contribution < -0.4 is 10.1 Å². The van der Waals surface area contributed by atoms with Gasteiger partial charge < -0.3 is 10.1 Å². The van der Waals surface area contributed by atoms with Crippen molar-refractivity contribution in [3.05, 3.63) is 71.8 Å². The van der Waals surface area contributed by atoms with Crippen molar-refractivity contribution in [2.75, 3.05) is 18.9 Å². The minimum absolute atomic E-state index is 0.0161. The summed E-state index contributed by atoms with van der Waals surface area (Å²) in [5.74, 6) is 1.67. The summed E-state index contributed by atoms with van der Waals surface area (Å²) in [5, 5.41) is 3.01. The summed E-state index contributed by atoms with van der Waals surface area (Å²) in [6, 6.07) is 17.7. The summed E-state index contributed by atoms with van der Waals surface area (Å²) in [7, 11) is 0. The summed E-state index contributed by atoms with van der Waals surface area (Å²) < 4.78 is 5.76. The zero-order valence-electron chi connectivity index (χ0n) is 15.7. The highest BCUT2D eigenvalue weighted by Crippen LogP contribution is 2.20. The fourth-order valence-corrected chi connectivity index (χ4v) is 3.86. The van der Waals surface area contributed by atoms with E-state index in [4.69, 9.17) is 4.74 Å². The van der Waals surface area contributed by atoms with Crippen LogP contribution in [-0.4, -0.2) is 24.8 Å². The number of carbonyl (C=O) groups is 1. The Hall–Kier alpha value is -2.20. The lowest BCUT2D eigenvalue weighted by Gasteiger charge is -2.13. The normalized spacial score (nSPS) is 13.7. The molecule has 0 aliphatic heterocycles. The molecule has 0 unspecified atom stereocenters. The molecule has 1 aliphatic carbocycles. The fourth-order valence-electron chi connectivity index (χ4n) is 3.11. The van der Waals surface area contributed by atoms with Gasteiger partial charge in [0, 0.05) is 22.8 Å². The van der Waals surface area contributed by atoms with E-state index < -0.39 is 0 Å². The van der Waals surface area contributed by atoms with E-state index >= 15 is 0 Å². The molecule has 2 aromatic rings. The highest BCUT2D eigenvalue weighted by molar-refractivity contribution is 7.99. The Kier molecular flexibility index (Phi) is 7.84. The number of hydrogen-bond acceptors (Lipinski definition) is 3. The minimum atomic E-state index is -0.0161. The van der Waals surface area contributed by atoms with Crippen molar-refractivity contribution in [1.29, 1.82) is 0 Å². The number of hydrogen-bond donors (Lipinski definition) is 1. The first kappa shape index (κ1) is 19.6. The summed E-state index contributed by atoms with van der Waals surface area (Å²) in [6.07, 6.45) is 8.25. The van der Waals surface area contributed by atoms with Crippen molar-refractivity contribution >= 4 is 17.7 Å². The topological polar surface area (TPSA) is 38.3 Å². The number of carbonyl (C=O) groups excluding carboxylic acids is 1. The molecule has 3 rings (SSSR count). The molecule has 4 heteroatoms. The van der Waals surface area contributed by atoms with Crippen molar-refractivity contribution in [3.63, 3.8) is 0 Å². The van der Waals surface area contributed by atoms with E-state index in [1.54, 1.807) is 11.8 Å². The highest BCUT2D eigenvalue weighted by Gasteiger charge is 2.07. The molecule has 0 spiro atoms. The van der Waals surface area contributed by atoms with Crippen LogP contribution in [0, 0.1) is 0 Å². The average molecular weight is 382 g/mol. The Morgan fingerprint density at radius 2 is 1.85 bits per heavy atom. The molecule has 1 aliphatic rings. The molecule has 1 amide bonds. The quantitative estimate of drug-likeness (QED) is 0.355. The lowest BCUT2D eigenvalue weighted by atomic mass is 9.97. The van der Waals surface area contributed by atoms with Crippen LogP contribution in [0.1, 0.15) is 42.5 Å². The third-order valence-electron chi connectivity index (χ3n) is 4.60. The molecule has 0 aromatic heterocycles. The van der Waals surface area contributed by atoms with Gasteiger partial charge in [-0.05, 0) is 68.5 Å². The summed E-state index contributed by atoms with van der Waals surface area (Å²) in [6.45, 7) is 1.35. The molecule has 1 N–H and O–H groups in total. The first-order valence-electron chi connectivity index (χ1n) is 9.68. The van der Waals surface area contributed by atoms with E-state index in [1.165, 1.54) is 36.2 Å². The van der Waals surface area contributed by atoms with Crippen molar-refractivity contribution in [3.8, 4) is 5.75 Å². The molecular weight excluding hydrogens is 354 g/mol. The van der Waals surface area contributed by atoms with Gasteiger partial charge in [-0.3, -0.25) is 4.79 Å². The first-order valence-corrected chi connectivity index (χ1v) is 10.7. The average Bonchev–Trinajstić information content (AvgIpc) is 2.73. The van der Waals surface area contributed by atoms with Crippen molar-refractivity contribution in [2.24, 2.45) is 0 Å². The van der Waals surface area contributed by atoms with Crippen molar-refractivity contribution in [2.45, 2.75) is 37.0 Å². The number of nitrogens with one attached hydrogen (secondary N) is 1. The summed E-state index contributed by atoms with van der Waals surface area (Å²) in [5.41, 5.74) is 2.16. The molecule has 27 heavy (non-hydrogen) atoms. The second-order valence-corrected chi connectivity index (χ2v) is 7.82. The van der Waals surface area contributed by atoms with Crippen LogP contribution in [-0.2, 0) is 0 Å². The Bertz CT molecular complexity index is 741. The van der Waals surface area contributed by atoms with E-state index in [2.05, 4.69) is 23.5 Å². The maximum Gasteiger partial charge on any atom is 0.251 e. The maximum absolute atomic E-state index is 12.2. The Balaban J connectivity index is 1.36. The molecular formula is C23H27NO2S. The zero-order valence-corrected chi connectivity index (χ0v) is 16.5. The van der Waals surface area contributed by atoms with Gasteiger partial charge in [-0.2, -0.15) is 0 Å². The number of benzene rings is 2. The minimum Gasteiger partial charge on any atom is -0.493 e. The standard InChI is InChI=1S/C23H27NO2S/c25-23(24-16-15-19-7-3-1-4-8-19)20-11-13-21(14-12-20)26-17-18-27-22-9-5-2-6-10-22/h2,5-7,9-14H,1,3-4,8,15-18H2,(H,24,25). The molecule has 142 valence electrons. The van der Waals surface area contributed by atoms with Crippen LogP contribution in [0.25, 0.3) is 0 Å². The third-order valence-corrected chi connectivity index (χ3v) is 5.57. The number of ether oxygens (including phenoxy) is 1. The van der Waals surface area contributed by atoms with Crippen LogP contribution in [0.3, 0.4) is 0 Å². The SMILES string of the molecule is O=C(NCCC1=CCCCC1)c1ccc(OCCSc2ccccc2)cc1. The van der Waals surface area contributed by atoms with Crippen LogP contribution in [0.15, 0.2) is 71.1 Å². The smallest absolute Gasteiger partial charge is 0.251 e. The molecule has 0 radical (unpaired) electrons. The van der Waals surface area contributed by atoms with Gasteiger partial charge in [0.05, 0.1) is 6.61 Å². The molecule has 3 nitrogen and oxygen atoms in total. The van der Waals surface area contributed by atoms with Gasteiger partial charge in [0.15, 0.2) is 0 Å². The van der Waals surface area contributed by atoms with E-state index in [-0.39, 0.29) is 5.91 Å². The Morgan fingerprint density at radius 3 is 2.59 bits per heavy atom. The second kappa shape index (κ2) is 10.8. The predicted molar refractivity (Wildman–Crippen MR) is 113 cm³/mol. The van der Waals surface area contributed by atoms with E-state index in [9.17, 15) is 4.79 Å². The molecule has 0 heterocycles. The molecule has 0 bridgehead atoms. The Morgan fingerprint density at radius 1 is 1.04 bits per heavy atom. The first-order chi connectivity index (χ1) is 13.3. The van der Waals surface area contributed by atoms with Crippen molar-refractivity contribution < 1.29 is 9.53 Å². The van der Waals surface area contributed by atoms with Crippen LogP contribution in [0.5, 0.6) is 5.75 Å². The number of amides is 1. The molecule has 0 saturated heterocycles.